The van der Waals surface area contributed by atoms with Gasteiger partial charge in [-0.2, -0.15) is 0 Å². The molecule has 0 spiro atoms. The third kappa shape index (κ3) is 2.29. The van der Waals surface area contributed by atoms with Crippen LogP contribution in [0.5, 0.6) is 0 Å². The van der Waals surface area contributed by atoms with E-state index >= 15 is 0 Å². The molecule has 5 rings (SSSR count). The van der Waals surface area contributed by atoms with Crippen molar-refractivity contribution in [2.24, 2.45) is 0 Å². The van der Waals surface area contributed by atoms with Gasteiger partial charge in [-0.05, 0) is 42.4 Å². The number of hydrogen-bond acceptors (Lipinski definition) is 5. The van der Waals surface area contributed by atoms with Crippen LogP contribution in [0.3, 0.4) is 0 Å². The SMILES string of the molecule is S=c1sc2c(N3CCc4ccccc43)ncnc2n1-c1ccccc1. The van der Waals surface area contributed by atoms with E-state index in [9.17, 15) is 0 Å². The Balaban J connectivity index is 1.74. The molecule has 122 valence electrons. The molecule has 25 heavy (non-hydrogen) atoms. The summed E-state index contributed by atoms with van der Waals surface area (Å²) in [5.41, 5.74) is 4.49. The van der Waals surface area contributed by atoms with Crippen LogP contribution in [0.4, 0.5) is 11.5 Å². The summed E-state index contributed by atoms with van der Waals surface area (Å²) >= 11 is 7.22. The summed E-state index contributed by atoms with van der Waals surface area (Å²) in [4.78, 5) is 11.4. The van der Waals surface area contributed by atoms with Crippen molar-refractivity contribution >= 4 is 45.4 Å². The number of anilines is 2. The van der Waals surface area contributed by atoms with Crippen molar-refractivity contribution in [1.82, 2.24) is 14.5 Å². The lowest BCUT2D eigenvalue weighted by Gasteiger charge is -2.18. The first-order chi connectivity index (χ1) is 12.3. The van der Waals surface area contributed by atoms with Crippen molar-refractivity contribution in [3.63, 3.8) is 0 Å². The zero-order chi connectivity index (χ0) is 16.8. The molecule has 2 aromatic heterocycles. The lowest BCUT2D eigenvalue weighted by molar-refractivity contribution is 0.971. The van der Waals surface area contributed by atoms with Crippen LogP contribution in [-0.2, 0) is 6.42 Å². The Labute approximate surface area is 154 Å². The highest BCUT2D eigenvalue weighted by Crippen LogP contribution is 2.38. The summed E-state index contributed by atoms with van der Waals surface area (Å²) in [6.45, 7) is 0.932. The lowest BCUT2D eigenvalue weighted by Crippen LogP contribution is -2.15. The fourth-order valence-electron chi connectivity index (χ4n) is 3.38. The molecule has 6 heteroatoms. The van der Waals surface area contributed by atoms with Gasteiger partial charge in [-0.15, -0.1) is 0 Å². The number of rotatable bonds is 2. The van der Waals surface area contributed by atoms with E-state index in [-0.39, 0.29) is 0 Å². The molecule has 1 aliphatic heterocycles. The summed E-state index contributed by atoms with van der Waals surface area (Å²) in [6, 6.07) is 18.6. The second-order valence-corrected chi connectivity index (χ2v) is 7.56. The number of para-hydroxylation sites is 2. The third-order valence-electron chi connectivity index (χ3n) is 4.51. The number of nitrogens with zero attached hydrogens (tertiary/aromatic N) is 4. The molecule has 1 aliphatic rings. The summed E-state index contributed by atoms with van der Waals surface area (Å²) < 4.78 is 3.85. The van der Waals surface area contributed by atoms with Crippen LogP contribution in [0.2, 0.25) is 0 Å². The summed E-state index contributed by atoms with van der Waals surface area (Å²) in [5, 5.41) is 0. The van der Waals surface area contributed by atoms with Gasteiger partial charge in [-0.25, -0.2) is 9.97 Å². The van der Waals surface area contributed by atoms with Crippen LogP contribution in [0, 0.1) is 3.95 Å². The van der Waals surface area contributed by atoms with E-state index in [1.54, 1.807) is 17.7 Å². The highest BCUT2D eigenvalue weighted by Gasteiger charge is 2.24. The minimum absolute atomic E-state index is 0.787. The lowest BCUT2D eigenvalue weighted by atomic mass is 10.2. The van der Waals surface area contributed by atoms with Crippen LogP contribution in [-0.4, -0.2) is 21.1 Å². The van der Waals surface area contributed by atoms with Crippen LogP contribution in [0.15, 0.2) is 60.9 Å². The van der Waals surface area contributed by atoms with E-state index in [1.165, 1.54) is 11.3 Å². The molecule has 3 heterocycles. The Bertz CT molecular complexity index is 1130. The quantitative estimate of drug-likeness (QED) is 0.475. The smallest absolute Gasteiger partial charge is 0.168 e. The average molecular weight is 362 g/mol. The van der Waals surface area contributed by atoms with Gasteiger partial charge in [0.1, 0.15) is 11.0 Å². The standard InChI is InChI=1S/C19H14N4S2/c24-19-23(14-7-2-1-3-8-14)18-16(25-19)17(20-12-21-18)22-11-10-13-6-4-5-9-15(13)22/h1-9,12H,10-11H2. The van der Waals surface area contributed by atoms with Gasteiger partial charge in [0.25, 0.3) is 0 Å². The van der Waals surface area contributed by atoms with E-state index in [1.807, 2.05) is 22.8 Å². The van der Waals surface area contributed by atoms with Gasteiger partial charge in [0, 0.05) is 17.9 Å². The van der Waals surface area contributed by atoms with Crippen molar-refractivity contribution in [1.29, 1.82) is 0 Å². The first-order valence-electron chi connectivity index (χ1n) is 8.10. The number of benzene rings is 2. The molecule has 0 amide bonds. The molecular formula is C19H14N4S2. The number of fused-ring (bicyclic) bond motifs is 2. The van der Waals surface area contributed by atoms with Gasteiger partial charge in [-0.3, -0.25) is 4.57 Å². The highest BCUT2D eigenvalue weighted by molar-refractivity contribution is 7.73. The third-order valence-corrected chi connectivity index (χ3v) is 5.87. The molecule has 4 nitrogen and oxygen atoms in total. The average Bonchev–Trinajstić information content (AvgIpc) is 3.22. The zero-order valence-corrected chi connectivity index (χ0v) is 14.9. The van der Waals surface area contributed by atoms with E-state index in [0.29, 0.717) is 0 Å². The van der Waals surface area contributed by atoms with Gasteiger partial charge < -0.3 is 4.90 Å². The maximum atomic E-state index is 5.64. The number of thiazole rings is 1. The Kier molecular flexibility index (Phi) is 3.39. The normalized spacial score (nSPS) is 13.4. The molecule has 2 aromatic carbocycles. The minimum atomic E-state index is 0.787. The Hall–Kier alpha value is -2.57. The maximum Gasteiger partial charge on any atom is 0.168 e. The molecule has 4 aromatic rings. The highest BCUT2D eigenvalue weighted by atomic mass is 32.1. The molecule has 0 N–H and O–H groups in total. The topological polar surface area (TPSA) is 34.0 Å². The molecule has 0 fully saturated rings. The van der Waals surface area contributed by atoms with Gasteiger partial charge in [0.05, 0.1) is 0 Å². The molecule has 0 saturated carbocycles. The Morgan fingerprint density at radius 3 is 2.64 bits per heavy atom. The Morgan fingerprint density at radius 1 is 0.960 bits per heavy atom. The van der Waals surface area contributed by atoms with Crippen molar-refractivity contribution in [3.8, 4) is 5.69 Å². The predicted octanol–water partition coefficient (Wildman–Crippen LogP) is 4.91. The van der Waals surface area contributed by atoms with E-state index in [0.717, 1.165) is 38.8 Å². The van der Waals surface area contributed by atoms with Gasteiger partial charge in [0.2, 0.25) is 0 Å². The first kappa shape index (κ1) is 14.7. The number of hydrogen-bond donors (Lipinski definition) is 0. The van der Waals surface area contributed by atoms with Crippen LogP contribution >= 0.6 is 23.6 Å². The summed E-state index contributed by atoms with van der Waals surface area (Å²) in [7, 11) is 0. The maximum absolute atomic E-state index is 5.64. The fourth-order valence-corrected chi connectivity index (χ4v) is 4.77. The number of aromatic nitrogens is 3. The van der Waals surface area contributed by atoms with Gasteiger partial charge in [-0.1, -0.05) is 47.7 Å². The molecule has 0 radical (unpaired) electrons. The van der Waals surface area contributed by atoms with Crippen LogP contribution in [0.1, 0.15) is 5.56 Å². The molecule has 0 aliphatic carbocycles. The van der Waals surface area contributed by atoms with Crippen molar-refractivity contribution in [2.75, 3.05) is 11.4 Å². The second-order valence-electron chi connectivity index (χ2n) is 5.92. The molecule has 0 saturated heterocycles. The van der Waals surface area contributed by atoms with E-state index in [4.69, 9.17) is 12.2 Å². The van der Waals surface area contributed by atoms with Crippen LogP contribution in [0.25, 0.3) is 16.0 Å². The Morgan fingerprint density at radius 2 is 1.76 bits per heavy atom. The van der Waals surface area contributed by atoms with Crippen molar-refractivity contribution in [3.05, 3.63) is 70.4 Å². The summed E-state index contributed by atoms with van der Waals surface area (Å²) in [5.74, 6) is 0.945. The second kappa shape index (κ2) is 5.75. The zero-order valence-electron chi connectivity index (χ0n) is 13.3. The van der Waals surface area contributed by atoms with Crippen molar-refractivity contribution in [2.45, 2.75) is 6.42 Å². The largest absolute Gasteiger partial charge is 0.324 e. The van der Waals surface area contributed by atoms with E-state index in [2.05, 4.69) is 51.3 Å². The predicted molar refractivity (Wildman–Crippen MR) is 105 cm³/mol. The van der Waals surface area contributed by atoms with Gasteiger partial charge >= 0.3 is 0 Å². The summed E-state index contributed by atoms with van der Waals surface area (Å²) in [6.07, 6.45) is 2.67. The fraction of sp³-hybridized carbons (Fsp3) is 0.105. The molecule has 0 unspecified atom stereocenters. The van der Waals surface area contributed by atoms with Crippen molar-refractivity contribution < 1.29 is 0 Å². The monoisotopic (exact) mass is 362 g/mol. The van der Waals surface area contributed by atoms with E-state index < -0.39 is 0 Å². The molecule has 0 atom stereocenters. The molecule has 0 bridgehead atoms. The minimum Gasteiger partial charge on any atom is -0.324 e. The van der Waals surface area contributed by atoms with Gasteiger partial charge in [0.15, 0.2) is 15.4 Å². The van der Waals surface area contributed by atoms with Crippen LogP contribution < -0.4 is 4.90 Å². The molecular weight excluding hydrogens is 348 g/mol. The first-order valence-corrected chi connectivity index (χ1v) is 9.33.